The Hall–Kier alpha value is -0.120. The van der Waals surface area contributed by atoms with Crippen LogP contribution in [-0.4, -0.2) is 49.0 Å². The molecule has 1 aliphatic rings. The van der Waals surface area contributed by atoms with Crippen LogP contribution in [0.5, 0.6) is 0 Å². The molecule has 0 radical (unpaired) electrons. The van der Waals surface area contributed by atoms with Crippen molar-refractivity contribution in [2.75, 3.05) is 32.8 Å². The van der Waals surface area contributed by atoms with Gasteiger partial charge in [0.1, 0.15) is 0 Å². The lowest BCUT2D eigenvalue weighted by Crippen LogP contribution is -2.35. The highest BCUT2D eigenvalue weighted by Gasteiger charge is 2.16. The van der Waals surface area contributed by atoms with Crippen molar-refractivity contribution in [1.82, 2.24) is 4.90 Å². The molecule has 72 valence electrons. The van der Waals surface area contributed by atoms with E-state index in [9.17, 15) is 5.11 Å². The molecule has 0 aromatic heterocycles. The average molecular weight is 173 g/mol. The molecule has 0 saturated carbocycles. The largest absolute Gasteiger partial charge is 0.389 e. The number of β-amino-alcohol motifs (C(OH)–C–C–N with tert-alkyl or cyclic N) is 1. The van der Waals surface area contributed by atoms with Crippen molar-refractivity contribution >= 4 is 0 Å². The Labute approximate surface area is 74.3 Å². The molecule has 1 unspecified atom stereocenters. The maximum atomic E-state index is 9.41. The Morgan fingerprint density at radius 3 is 3.00 bits per heavy atom. The van der Waals surface area contributed by atoms with Gasteiger partial charge in [-0.15, -0.1) is 0 Å². The van der Waals surface area contributed by atoms with E-state index in [0.29, 0.717) is 12.5 Å². The van der Waals surface area contributed by atoms with Crippen LogP contribution in [0.4, 0.5) is 0 Å². The molecule has 1 rings (SSSR count). The fourth-order valence-corrected chi connectivity index (χ4v) is 1.54. The molecule has 1 atom stereocenters. The summed E-state index contributed by atoms with van der Waals surface area (Å²) in [6.07, 6.45) is -0.300. The van der Waals surface area contributed by atoms with Gasteiger partial charge in [0.2, 0.25) is 0 Å². The van der Waals surface area contributed by atoms with Crippen LogP contribution in [-0.2, 0) is 4.74 Å². The summed E-state index contributed by atoms with van der Waals surface area (Å²) in [5.74, 6) is 0.662. The number of aliphatic hydroxyl groups is 1. The molecular formula is C9H19NO2. The highest BCUT2D eigenvalue weighted by molar-refractivity contribution is 4.68. The normalized spacial score (nSPS) is 27.5. The first-order valence-corrected chi connectivity index (χ1v) is 4.66. The minimum Gasteiger partial charge on any atom is -0.389 e. The highest BCUT2D eigenvalue weighted by atomic mass is 16.5. The topological polar surface area (TPSA) is 32.7 Å². The fraction of sp³-hybridized carbons (Fsp3) is 1.00. The molecule has 3 heteroatoms. The summed E-state index contributed by atoms with van der Waals surface area (Å²) in [7, 11) is 0. The Morgan fingerprint density at radius 1 is 1.58 bits per heavy atom. The number of hydrogen-bond acceptors (Lipinski definition) is 3. The molecule has 1 N–H and O–H groups in total. The standard InChI is InChI=1S/C9H19NO2/c1-8(2)5-10-3-4-12-7-9(11)6-10/h8-9,11H,3-7H2,1-2H3. The van der Waals surface area contributed by atoms with E-state index in [0.717, 1.165) is 26.2 Å². The van der Waals surface area contributed by atoms with Crippen molar-refractivity contribution in [1.29, 1.82) is 0 Å². The molecule has 0 aliphatic carbocycles. The van der Waals surface area contributed by atoms with Crippen LogP contribution in [0.3, 0.4) is 0 Å². The van der Waals surface area contributed by atoms with Gasteiger partial charge in [-0.3, -0.25) is 4.90 Å². The van der Waals surface area contributed by atoms with Crippen LogP contribution in [0.15, 0.2) is 0 Å². The predicted molar refractivity (Wildman–Crippen MR) is 48.1 cm³/mol. The summed E-state index contributed by atoms with van der Waals surface area (Å²) < 4.78 is 5.23. The van der Waals surface area contributed by atoms with Gasteiger partial charge in [0, 0.05) is 19.6 Å². The average Bonchev–Trinajstić information content (AvgIpc) is 2.12. The van der Waals surface area contributed by atoms with Gasteiger partial charge in [0.15, 0.2) is 0 Å². The quantitative estimate of drug-likeness (QED) is 0.653. The van der Waals surface area contributed by atoms with Gasteiger partial charge in [-0.05, 0) is 5.92 Å². The van der Waals surface area contributed by atoms with E-state index in [4.69, 9.17) is 4.74 Å². The Balaban J connectivity index is 2.31. The molecule has 12 heavy (non-hydrogen) atoms. The molecule has 0 amide bonds. The zero-order valence-corrected chi connectivity index (χ0v) is 7.99. The van der Waals surface area contributed by atoms with Gasteiger partial charge in [-0.2, -0.15) is 0 Å². The van der Waals surface area contributed by atoms with Crippen molar-refractivity contribution in [2.24, 2.45) is 5.92 Å². The van der Waals surface area contributed by atoms with Gasteiger partial charge >= 0.3 is 0 Å². The first-order valence-electron chi connectivity index (χ1n) is 4.66. The van der Waals surface area contributed by atoms with Crippen molar-refractivity contribution in [3.05, 3.63) is 0 Å². The lowest BCUT2D eigenvalue weighted by Gasteiger charge is -2.22. The molecule has 0 bridgehead atoms. The predicted octanol–water partition coefficient (Wildman–Crippen LogP) is 0.336. The van der Waals surface area contributed by atoms with Gasteiger partial charge < -0.3 is 9.84 Å². The third-order valence-electron chi connectivity index (χ3n) is 1.95. The third-order valence-corrected chi connectivity index (χ3v) is 1.95. The van der Waals surface area contributed by atoms with Crippen LogP contribution in [0.1, 0.15) is 13.8 Å². The van der Waals surface area contributed by atoms with Crippen LogP contribution >= 0.6 is 0 Å². The fourth-order valence-electron chi connectivity index (χ4n) is 1.54. The Morgan fingerprint density at radius 2 is 2.33 bits per heavy atom. The van der Waals surface area contributed by atoms with E-state index in [1.165, 1.54) is 0 Å². The van der Waals surface area contributed by atoms with Gasteiger partial charge in [0.05, 0.1) is 19.3 Å². The molecule has 0 aromatic rings. The van der Waals surface area contributed by atoms with Gasteiger partial charge in [-0.25, -0.2) is 0 Å². The maximum Gasteiger partial charge on any atom is 0.0900 e. The van der Waals surface area contributed by atoms with Crippen molar-refractivity contribution in [3.8, 4) is 0 Å². The van der Waals surface area contributed by atoms with Crippen molar-refractivity contribution in [3.63, 3.8) is 0 Å². The second-order valence-corrected chi connectivity index (χ2v) is 3.88. The van der Waals surface area contributed by atoms with Gasteiger partial charge in [-0.1, -0.05) is 13.8 Å². The molecular weight excluding hydrogens is 154 g/mol. The monoisotopic (exact) mass is 173 g/mol. The second kappa shape index (κ2) is 4.80. The summed E-state index contributed by atoms with van der Waals surface area (Å²) in [6, 6.07) is 0. The lowest BCUT2D eigenvalue weighted by atomic mass is 10.2. The van der Waals surface area contributed by atoms with Crippen molar-refractivity contribution in [2.45, 2.75) is 20.0 Å². The molecule has 1 heterocycles. The molecule has 0 aromatic carbocycles. The molecule has 0 spiro atoms. The van der Waals surface area contributed by atoms with Crippen LogP contribution < -0.4 is 0 Å². The van der Waals surface area contributed by atoms with E-state index in [1.807, 2.05) is 0 Å². The number of nitrogens with zero attached hydrogens (tertiary/aromatic N) is 1. The molecule has 1 fully saturated rings. The number of aliphatic hydroxyl groups excluding tert-OH is 1. The van der Waals surface area contributed by atoms with Crippen LogP contribution in [0.25, 0.3) is 0 Å². The first kappa shape index (κ1) is 9.96. The zero-order chi connectivity index (χ0) is 8.97. The SMILES string of the molecule is CC(C)CN1CCOCC(O)C1. The molecule has 3 nitrogen and oxygen atoms in total. The summed E-state index contributed by atoms with van der Waals surface area (Å²) in [5, 5.41) is 9.41. The zero-order valence-electron chi connectivity index (χ0n) is 7.99. The van der Waals surface area contributed by atoms with E-state index in [1.54, 1.807) is 0 Å². The smallest absolute Gasteiger partial charge is 0.0900 e. The molecule has 1 aliphatic heterocycles. The number of hydrogen-bond donors (Lipinski definition) is 1. The summed E-state index contributed by atoms with van der Waals surface area (Å²) in [5.41, 5.74) is 0. The lowest BCUT2D eigenvalue weighted by molar-refractivity contribution is 0.0561. The Kier molecular flexibility index (Phi) is 3.98. The van der Waals surface area contributed by atoms with Gasteiger partial charge in [0.25, 0.3) is 0 Å². The summed E-state index contributed by atoms with van der Waals surface area (Å²) in [6.45, 7) is 8.41. The first-order chi connectivity index (χ1) is 5.68. The minimum absolute atomic E-state index is 0.300. The highest BCUT2D eigenvalue weighted by Crippen LogP contribution is 2.03. The van der Waals surface area contributed by atoms with E-state index < -0.39 is 0 Å². The Bertz CT molecular complexity index is 128. The van der Waals surface area contributed by atoms with Crippen LogP contribution in [0, 0.1) is 5.92 Å². The number of rotatable bonds is 2. The summed E-state index contributed by atoms with van der Waals surface area (Å²) >= 11 is 0. The minimum atomic E-state index is -0.300. The van der Waals surface area contributed by atoms with E-state index in [-0.39, 0.29) is 6.10 Å². The summed E-state index contributed by atoms with van der Waals surface area (Å²) in [4.78, 5) is 2.27. The van der Waals surface area contributed by atoms with E-state index >= 15 is 0 Å². The van der Waals surface area contributed by atoms with Crippen molar-refractivity contribution < 1.29 is 9.84 Å². The molecule has 1 saturated heterocycles. The maximum absolute atomic E-state index is 9.41. The second-order valence-electron chi connectivity index (χ2n) is 3.88. The van der Waals surface area contributed by atoms with Crippen LogP contribution in [0.2, 0.25) is 0 Å². The third kappa shape index (κ3) is 3.52. The van der Waals surface area contributed by atoms with E-state index in [2.05, 4.69) is 18.7 Å². The number of ether oxygens (including phenoxy) is 1.